The predicted molar refractivity (Wildman–Crippen MR) is 103 cm³/mol. The lowest BCUT2D eigenvalue weighted by Gasteiger charge is -2.20. The third kappa shape index (κ3) is 4.62. The number of hydrogen-bond donors (Lipinski definition) is 0. The molecule has 0 radical (unpaired) electrons. The molecule has 5 heteroatoms. The quantitative estimate of drug-likeness (QED) is 0.362. The Hall–Kier alpha value is -3.47. The zero-order valence-electron chi connectivity index (χ0n) is 15.5. The topological polar surface area (TPSA) is 52.6 Å². The molecule has 0 saturated heterocycles. The zero-order valence-corrected chi connectivity index (χ0v) is 15.5. The molecule has 0 N–H and O–H groups in total. The van der Waals surface area contributed by atoms with Crippen LogP contribution in [0.1, 0.15) is 36.5 Å². The second-order valence-electron chi connectivity index (χ2n) is 6.28. The van der Waals surface area contributed by atoms with Gasteiger partial charge in [-0.3, -0.25) is 9.59 Å². The third-order valence-electron chi connectivity index (χ3n) is 4.17. The molecule has 0 amide bonds. The van der Waals surface area contributed by atoms with E-state index in [1.54, 1.807) is 66.7 Å². The lowest BCUT2D eigenvalue weighted by Crippen LogP contribution is -2.07. The van der Waals surface area contributed by atoms with E-state index in [9.17, 15) is 14.0 Å². The molecule has 0 aliphatic heterocycles. The van der Waals surface area contributed by atoms with Gasteiger partial charge in [-0.15, -0.1) is 0 Å². The molecule has 0 unspecified atom stereocenters. The fourth-order valence-electron chi connectivity index (χ4n) is 3.05. The molecule has 0 aliphatic rings. The first-order valence-electron chi connectivity index (χ1n) is 8.75. The Kier molecular flexibility index (Phi) is 5.84. The molecule has 0 fully saturated rings. The van der Waals surface area contributed by atoms with Crippen molar-refractivity contribution in [2.75, 3.05) is 0 Å². The maximum atomic E-state index is 14.6. The second-order valence-corrected chi connectivity index (χ2v) is 6.28. The summed E-state index contributed by atoms with van der Waals surface area (Å²) in [7, 11) is 0. The predicted octanol–water partition coefficient (Wildman–Crippen LogP) is 4.86. The fraction of sp³-hybridized carbons (Fsp3) is 0.130. The van der Waals surface area contributed by atoms with Crippen LogP contribution in [0.3, 0.4) is 0 Å². The van der Waals surface area contributed by atoms with Crippen LogP contribution in [0.15, 0.2) is 72.8 Å². The molecule has 0 heterocycles. The van der Waals surface area contributed by atoms with Gasteiger partial charge in [0.05, 0.1) is 0 Å². The van der Waals surface area contributed by atoms with Crippen molar-refractivity contribution in [2.24, 2.45) is 0 Å². The number of carbonyl (C=O) groups excluding carboxylic acids is 2. The van der Waals surface area contributed by atoms with Gasteiger partial charge in [0.15, 0.2) is 0 Å². The first-order chi connectivity index (χ1) is 13.4. The largest absolute Gasteiger partial charge is 0.427 e. The van der Waals surface area contributed by atoms with Crippen LogP contribution in [0.25, 0.3) is 0 Å². The standard InChI is InChI=1S/C23H19FO4/c1-15(25)27-19-11-7-17(8-12-19)23(21-5-3-4-6-22(21)24)18-9-13-20(14-10-18)28-16(2)26/h3-14,23H,1-2H3. The van der Waals surface area contributed by atoms with Gasteiger partial charge in [0, 0.05) is 19.8 Å². The molecule has 0 aromatic heterocycles. The van der Waals surface area contributed by atoms with E-state index in [0.717, 1.165) is 11.1 Å². The number of esters is 2. The minimum absolute atomic E-state index is 0.319. The maximum Gasteiger partial charge on any atom is 0.308 e. The summed E-state index contributed by atoms with van der Waals surface area (Å²) in [4.78, 5) is 22.2. The van der Waals surface area contributed by atoms with Crippen LogP contribution in [-0.2, 0) is 9.59 Å². The van der Waals surface area contributed by atoms with Crippen molar-refractivity contribution in [3.05, 3.63) is 95.3 Å². The van der Waals surface area contributed by atoms with Crippen molar-refractivity contribution in [2.45, 2.75) is 19.8 Å². The van der Waals surface area contributed by atoms with E-state index >= 15 is 0 Å². The normalized spacial score (nSPS) is 10.6. The first kappa shape index (κ1) is 19.3. The van der Waals surface area contributed by atoms with Crippen molar-refractivity contribution in [3.8, 4) is 11.5 Å². The number of hydrogen-bond acceptors (Lipinski definition) is 4. The van der Waals surface area contributed by atoms with Gasteiger partial charge < -0.3 is 9.47 Å². The van der Waals surface area contributed by atoms with Crippen LogP contribution in [-0.4, -0.2) is 11.9 Å². The summed E-state index contributed by atoms with van der Waals surface area (Å²) in [6, 6.07) is 20.5. The number of carbonyl (C=O) groups is 2. The SMILES string of the molecule is CC(=O)Oc1ccc(C(c2ccc(OC(C)=O)cc2)c2ccccc2F)cc1. The first-order valence-corrected chi connectivity index (χ1v) is 8.75. The Labute approximate surface area is 162 Å². The van der Waals surface area contributed by atoms with E-state index < -0.39 is 11.9 Å². The average molecular weight is 378 g/mol. The Morgan fingerprint density at radius 3 is 1.54 bits per heavy atom. The Morgan fingerprint density at radius 1 is 0.714 bits per heavy atom. The highest BCUT2D eigenvalue weighted by molar-refractivity contribution is 5.69. The van der Waals surface area contributed by atoms with Crippen molar-refractivity contribution < 1.29 is 23.5 Å². The molecular weight excluding hydrogens is 359 g/mol. The summed E-state index contributed by atoms with van der Waals surface area (Å²) in [5.41, 5.74) is 2.19. The van der Waals surface area contributed by atoms with Gasteiger partial charge in [0.2, 0.25) is 0 Å². The van der Waals surface area contributed by atoms with Crippen LogP contribution in [0.5, 0.6) is 11.5 Å². The zero-order chi connectivity index (χ0) is 20.1. The van der Waals surface area contributed by atoms with E-state index in [2.05, 4.69) is 0 Å². The Balaban J connectivity index is 2.02. The molecule has 142 valence electrons. The fourth-order valence-corrected chi connectivity index (χ4v) is 3.05. The monoisotopic (exact) mass is 378 g/mol. The van der Waals surface area contributed by atoms with Gasteiger partial charge in [0.25, 0.3) is 0 Å². The highest BCUT2D eigenvalue weighted by Gasteiger charge is 2.20. The molecule has 0 saturated carbocycles. The van der Waals surface area contributed by atoms with Crippen molar-refractivity contribution in [3.63, 3.8) is 0 Å². The van der Waals surface area contributed by atoms with Crippen molar-refractivity contribution in [1.29, 1.82) is 0 Å². The summed E-state index contributed by atoms with van der Waals surface area (Å²) in [6.07, 6.45) is 0. The Bertz CT molecular complexity index is 919. The smallest absolute Gasteiger partial charge is 0.308 e. The van der Waals surface area contributed by atoms with Gasteiger partial charge in [-0.25, -0.2) is 4.39 Å². The summed E-state index contributed by atoms with van der Waals surface area (Å²) < 4.78 is 24.7. The number of benzene rings is 3. The van der Waals surface area contributed by atoms with Crippen molar-refractivity contribution in [1.82, 2.24) is 0 Å². The third-order valence-corrected chi connectivity index (χ3v) is 4.17. The van der Waals surface area contributed by atoms with E-state index in [1.807, 2.05) is 0 Å². The summed E-state index contributed by atoms with van der Waals surface area (Å²) in [5, 5.41) is 0. The number of halogens is 1. The van der Waals surface area contributed by atoms with Crippen LogP contribution in [0.4, 0.5) is 4.39 Å². The van der Waals surface area contributed by atoms with Gasteiger partial charge in [0.1, 0.15) is 17.3 Å². The van der Waals surface area contributed by atoms with Crippen LogP contribution in [0, 0.1) is 5.82 Å². The molecule has 0 spiro atoms. The summed E-state index contributed by atoms with van der Waals surface area (Å²) in [6.45, 7) is 2.67. The van der Waals surface area contributed by atoms with Gasteiger partial charge in [-0.05, 0) is 47.0 Å². The van der Waals surface area contributed by atoms with Gasteiger partial charge in [-0.1, -0.05) is 42.5 Å². The maximum absolute atomic E-state index is 14.6. The number of rotatable bonds is 5. The minimum Gasteiger partial charge on any atom is -0.427 e. The molecular formula is C23H19FO4. The lowest BCUT2D eigenvalue weighted by molar-refractivity contribution is -0.132. The van der Waals surface area contributed by atoms with E-state index in [1.165, 1.54) is 19.9 Å². The highest BCUT2D eigenvalue weighted by Crippen LogP contribution is 2.35. The lowest BCUT2D eigenvalue weighted by atomic mass is 9.85. The van der Waals surface area contributed by atoms with Crippen molar-refractivity contribution >= 4 is 11.9 Å². The number of ether oxygens (including phenoxy) is 2. The van der Waals surface area contributed by atoms with E-state index in [0.29, 0.717) is 17.1 Å². The summed E-state index contributed by atoms with van der Waals surface area (Å²) >= 11 is 0. The van der Waals surface area contributed by atoms with Gasteiger partial charge in [-0.2, -0.15) is 0 Å². The molecule has 0 bridgehead atoms. The second kappa shape index (κ2) is 8.48. The van der Waals surface area contributed by atoms with E-state index in [-0.39, 0.29) is 11.7 Å². The molecule has 28 heavy (non-hydrogen) atoms. The average Bonchev–Trinajstić information content (AvgIpc) is 2.65. The van der Waals surface area contributed by atoms with Gasteiger partial charge >= 0.3 is 11.9 Å². The van der Waals surface area contributed by atoms with Crippen LogP contribution in [0.2, 0.25) is 0 Å². The molecule has 0 aliphatic carbocycles. The van der Waals surface area contributed by atoms with E-state index in [4.69, 9.17) is 9.47 Å². The van der Waals surface area contributed by atoms with Crippen LogP contribution >= 0.6 is 0 Å². The summed E-state index contributed by atoms with van der Waals surface area (Å²) in [5.74, 6) is -0.652. The molecule has 3 aromatic rings. The molecule has 3 aromatic carbocycles. The minimum atomic E-state index is -0.403. The highest BCUT2D eigenvalue weighted by atomic mass is 19.1. The molecule has 4 nitrogen and oxygen atoms in total. The Morgan fingerprint density at radius 2 is 1.14 bits per heavy atom. The van der Waals surface area contributed by atoms with Crippen LogP contribution < -0.4 is 9.47 Å². The molecule has 0 atom stereocenters. The molecule has 3 rings (SSSR count).